The van der Waals surface area contributed by atoms with Crippen molar-refractivity contribution in [2.24, 2.45) is 5.41 Å². The molecule has 0 unspecified atom stereocenters. The Balaban J connectivity index is 1.26. The van der Waals surface area contributed by atoms with Gasteiger partial charge in [-0.3, -0.25) is 4.79 Å². The van der Waals surface area contributed by atoms with Crippen LogP contribution in [0.15, 0.2) is 61.2 Å². The van der Waals surface area contributed by atoms with Crippen LogP contribution in [-0.4, -0.2) is 87.5 Å². The second kappa shape index (κ2) is 12.5. The molecule has 1 saturated carbocycles. The van der Waals surface area contributed by atoms with E-state index < -0.39 is 10.0 Å². The molecule has 1 amide bonds. The lowest BCUT2D eigenvalue weighted by Crippen LogP contribution is -2.40. The van der Waals surface area contributed by atoms with Crippen molar-refractivity contribution < 1.29 is 18.3 Å². The smallest absolute Gasteiger partial charge is 0.256 e. The first-order chi connectivity index (χ1) is 22.0. The van der Waals surface area contributed by atoms with E-state index in [1.807, 2.05) is 18.2 Å². The number of hydrogen-bond acceptors (Lipinski definition) is 10. The lowest BCUT2D eigenvalue weighted by atomic mass is 9.81. The minimum absolute atomic E-state index is 0.0681. The molecular weight excluding hydrogens is 604 g/mol. The van der Waals surface area contributed by atoms with Crippen LogP contribution in [0.5, 0.6) is 0 Å². The number of anilines is 3. The zero-order valence-electron chi connectivity index (χ0n) is 26.0. The zero-order valence-corrected chi connectivity index (χ0v) is 26.8. The molecular formula is C33H36N8O4S. The number of rotatable bonds is 8. The van der Waals surface area contributed by atoms with E-state index in [1.54, 1.807) is 44.7 Å². The van der Waals surface area contributed by atoms with Gasteiger partial charge in [0.1, 0.15) is 11.6 Å². The Hall–Kier alpha value is -4.80. The summed E-state index contributed by atoms with van der Waals surface area (Å²) in [6.45, 7) is 3.75. The van der Waals surface area contributed by atoms with E-state index >= 15 is 0 Å². The maximum absolute atomic E-state index is 12.6. The van der Waals surface area contributed by atoms with Crippen molar-refractivity contribution in [2.45, 2.75) is 37.9 Å². The first-order valence-electron chi connectivity index (χ1n) is 15.1. The van der Waals surface area contributed by atoms with E-state index in [0.717, 1.165) is 46.8 Å². The number of pyridine rings is 1. The van der Waals surface area contributed by atoms with Gasteiger partial charge in [0.2, 0.25) is 0 Å². The number of amides is 1. The van der Waals surface area contributed by atoms with E-state index in [-0.39, 0.29) is 23.2 Å². The molecule has 1 aromatic carbocycles. The van der Waals surface area contributed by atoms with Gasteiger partial charge in [0, 0.05) is 63.4 Å². The largest absolute Gasteiger partial charge is 0.396 e. The van der Waals surface area contributed by atoms with Gasteiger partial charge >= 0.3 is 0 Å². The minimum Gasteiger partial charge on any atom is -0.396 e. The van der Waals surface area contributed by atoms with Crippen molar-refractivity contribution in [1.82, 2.24) is 29.0 Å². The predicted octanol–water partition coefficient (Wildman–Crippen LogP) is 3.52. The number of benzene rings is 1. The Kier molecular flexibility index (Phi) is 8.50. The summed E-state index contributed by atoms with van der Waals surface area (Å²) in [5, 5.41) is 16.8. The van der Waals surface area contributed by atoms with Crippen LogP contribution in [0.4, 0.5) is 17.3 Å². The average Bonchev–Trinajstić information content (AvgIpc) is 3.81. The standard InChI is InChI=1S/C33H36N8O4S/c1-33(22-42)13-16-40(17-14-33)28-18-30(35-19-25(28)9-6-23-4-7-24(8-5-23)32(43)39(2)3)37-29-12-15-34-31(38-29)26-20-36-41(21-26)46(44,45)27-10-11-27/h4-5,7-8,12,15,18-21,27,42H,10-11,13-14,16-17,22H2,1-3H3,(H,34,35,37,38). The zero-order chi connectivity index (χ0) is 32.5. The molecule has 1 aliphatic heterocycles. The molecule has 4 aromatic rings. The quantitative estimate of drug-likeness (QED) is 0.274. The number of piperidine rings is 1. The van der Waals surface area contributed by atoms with Gasteiger partial charge in [-0.15, -0.1) is 0 Å². The summed E-state index contributed by atoms with van der Waals surface area (Å²) in [5.41, 5.74) is 3.40. The lowest BCUT2D eigenvalue weighted by molar-refractivity contribution is 0.0827. The van der Waals surface area contributed by atoms with Crippen molar-refractivity contribution in [3.63, 3.8) is 0 Å². The van der Waals surface area contributed by atoms with E-state index in [0.29, 0.717) is 41.4 Å². The SMILES string of the molecule is CN(C)C(=O)c1ccc(C#Cc2cnc(Nc3ccnc(-c4cnn(S(=O)(=O)C5CC5)c4)n3)cc2N2CCC(C)(CO)CC2)cc1. The maximum atomic E-state index is 12.6. The third kappa shape index (κ3) is 6.73. The second-order valence-corrected chi connectivity index (χ2v) is 14.4. The molecule has 0 spiro atoms. The van der Waals surface area contributed by atoms with Crippen molar-refractivity contribution >= 4 is 33.3 Å². The molecule has 46 heavy (non-hydrogen) atoms. The fourth-order valence-corrected chi connectivity index (χ4v) is 6.66. The average molecular weight is 641 g/mol. The summed E-state index contributed by atoms with van der Waals surface area (Å²) >= 11 is 0. The molecule has 1 aliphatic carbocycles. The first-order valence-corrected chi connectivity index (χ1v) is 16.6. The normalized spacial score (nSPS) is 16.0. The van der Waals surface area contributed by atoms with Gasteiger partial charge in [-0.1, -0.05) is 18.8 Å². The van der Waals surface area contributed by atoms with Crippen molar-refractivity contribution in [2.75, 3.05) is 44.0 Å². The van der Waals surface area contributed by atoms with Crippen LogP contribution in [0.2, 0.25) is 0 Å². The van der Waals surface area contributed by atoms with Gasteiger partial charge in [-0.2, -0.15) is 9.19 Å². The van der Waals surface area contributed by atoms with Crippen molar-refractivity contribution in [3.05, 3.63) is 77.9 Å². The van der Waals surface area contributed by atoms with Crippen LogP contribution in [0, 0.1) is 17.3 Å². The molecule has 12 nitrogen and oxygen atoms in total. The number of hydrogen-bond donors (Lipinski definition) is 2. The summed E-state index contributed by atoms with van der Waals surface area (Å²) in [5.74, 6) is 7.79. The fourth-order valence-electron chi connectivity index (χ4n) is 5.19. The van der Waals surface area contributed by atoms with Crippen LogP contribution in [0.25, 0.3) is 11.4 Å². The summed E-state index contributed by atoms with van der Waals surface area (Å²) in [6.07, 6.45) is 9.19. The van der Waals surface area contributed by atoms with E-state index in [2.05, 4.69) is 49.0 Å². The van der Waals surface area contributed by atoms with Crippen LogP contribution in [-0.2, 0) is 10.0 Å². The van der Waals surface area contributed by atoms with Crippen LogP contribution >= 0.6 is 0 Å². The monoisotopic (exact) mass is 640 g/mol. The molecule has 6 rings (SSSR count). The second-order valence-electron chi connectivity index (χ2n) is 12.3. The molecule has 238 valence electrons. The molecule has 2 fully saturated rings. The maximum Gasteiger partial charge on any atom is 0.256 e. The van der Waals surface area contributed by atoms with Gasteiger partial charge in [0.15, 0.2) is 5.82 Å². The Morgan fingerprint density at radius 3 is 2.48 bits per heavy atom. The molecule has 0 radical (unpaired) electrons. The summed E-state index contributed by atoms with van der Waals surface area (Å²) < 4.78 is 26.2. The molecule has 0 bridgehead atoms. The number of aliphatic hydroxyl groups excluding tert-OH is 1. The number of carbonyl (C=O) groups is 1. The highest BCUT2D eigenvalue weighted by Gasteiger charge is 2.37. The Morgan fingerprint density at radius 2 is 1.80 bits per heavy atom. The number of aliphatic hydroxyl groups is 1. The number of aromatic nitrogens is 5. The van der Waals surface area contributed by atoms with Gasteiger partial charge in [0.25, 0.3) is 15.9 Å². The molecule has 2 N–H and O–H groups in total. The van der Waals surface area contributed by atoms with Gasteiger partial charge in [-0.25, -0.2) is 23.4 Å². The highest BCUT2D eigenvalue weighted by molar-refractivity contribution is 7.90. The number of carbonyl (C=O) groups excluding carboxylic acids is 1. The molecule has 3 aromatic heterocycles. The van der Waals surface area contributed by atoms with Crippen molar-refractivity contribution in [3.8, 4) is 23.2 Å². The summed E-state index contributed by atoms with van der Waals surface area (Å²) in [7, 11) is -0.0552. The highest BCUT2D eigenvalue weighted by Crippen LogP contribution is 2.35. The molecule has 1 saturated heterocycles. The first kappa shape index (κ1) is 31.2. The Morgan fingerprint density at radius 1 is 1.07 bits per heavy atom. The lowest BCUT2D eigenvalue weighted by Gasteiger charge is -2.39. The van der Waals surface area contributed by atoms with Crippen molar-refractivity contribution in [1.29, 1.82) is 0 Å². The molecule has 2 aliphatic rings. The van der Waals surface area contributed by atoms with Gasteiger partial charge in [0.05, 0.1) is 34.5 Å². The summed E-state index contributed by atoms with van der Waals surface area (Å²) in [4.78, 5) is 29.6. The third-order valence-electron chi connectivity index (χ3n) is 8.39. The molecule has 13 heteroatoms. The Labute approximate surface area is 268 Å². The topological polar surface area (TPSA) is 146 Å². The highest BCUT2D eigenvalue weighted by atomic mass is 32.2. The van der Waals surface area contributed by atoms with E-state index in [9.17, 15) is 18.3 Å². The molecule has 4 heterocycles. The Bertz CT molecular complexity index is 1920. The van der Waals surface area contributed by atoms with Gasteiger partial charge < -0.3 is 20.2 Å². The van der Waals surface area contributed by atoms with Crippen LogP contribution < -0.4 is 10.2 Å². The van der Waals surface area contributed by atoms with E-state index in [1.165, 1.54) is 17.3 Å². The van der Waals surface area contributed by atoms with E-state index in [4.69, 9.17) is 0 Å². The summed E-state index contributed by atoms with van der Waals surface area (Å²) in [6, 6.07) is 10.8. The predicted molar refractivity (Wildman–Crippen MR) is 175 cm³/mol. The van der Waals surface area contributed by atoms with Crippen LogP contribution in [0.3, 0.4) is 0 Å². The minimum atomic E-state index is -3.49. The fraction of sp³-hybridized carbons (Fsp3) is 0.364. The number of nitrogens with one attached hydrogen (secondary N) is 1. The molecule has 0 atom stereocenters. The number of nitrogens with zero attached hydrogens (tertiary/aromatic N) is 7. The third-order valence-corrected chi connectivity index (χ3v) is 10.4. The van der Waals surface area contributed by atoms with Gasteiger partial charge in [-0.05, 0) is 61.4 Å². The van der Waals surface area contributed by atoms with Crippen LogP contribution in [0.1, 0.15) is 54.1 Å².